The lowest BCUT2D eigenvalue weighted by atomic mass is 9.99. The Bertz CT molecular complexity index is 2430. The molecular weight excluding hydrogens is 727 g/mol. The normalized spacial score (nSPS) is 14.9. The molecule has 0 spiro atoms. The lowest BCUT2D eigenvalue weighted by Crippen LogP contribution is -2.54. The number of aryl methyl sites for hydroxylation is 1. The molecule has 288 valence electrons. The molecule has 1 aromatic heterocycles. The lowest BCUT2D eigenvalue weighted by molar-refractivity contribution is -0.136. The van der Waals surface area contributed by atoms with Gasteiger partial charge in [-0.2, -0.15) is 0 Å². The summed E-state index contributed by atoms with van der Waals surface area (Å²) < 4.78 is 0. The Kier molecular flexibility index (Phi) is 11.1. The molecule has 0 radical (unpaired) electrons. The summed E-state index contributed by atoms with van der Waals surface area (Å²) in [4.78, 5) is 94.2. The van der Waals surface area contributed by atoms with Gasteiger partial charge < -0.3 is 21.3 Å². The van der Waals surface area contributed by atoms with Crippen LogP contribution < -0.4 is 26.6 Å². The van der Waals surface area contributed by atoms with Gasteiger partial charge >= 0.3 is 0 Å². The number of hydrogen-bond donors (Lipinski definition) is 5. The number of piperidine rings is 1. The maximum atomic E-state index is 13.3. The second kappa shape index (κ2) is 16.7. The highest BCUT2D eigenvalue weighted by atomic mass is 16.2. The van der Waals surface area contributed by atoms with Crippen molar-refractivity contribution in [3.8, 4) is 11.1 Å². The van der Waals surface area contributed by atoms with Crippen LogP contribution in [0.25, 0.3) is 22.0 Å². The van der Waals surface area contributed by atoms with Gasteiger partial charge in [0.15, 0.2) is 0 Å². The van der Waals surface area contributed by atoms with Crippen LogP contribution in [-0.4, -0.2) is 77.4 Å². The van der Waals surface area contributed by atoms with Gasteiger partial charge in [-0.15, -0.1) is 0 Å². The second-order valence-electron chi connectivity index (χ2n) is 13.7. The molecule has 2 aliphatic rings. The van der Waals surface area contributed by atoms with Gasteiger partial charge in [-0.05, 0) is 78.4 Å². The highest BCUT2D eigenvalue weighted by Gasteiger charge is 2.45. The van der Waals surface area contributed by atoms with Gasteiger partial charge in [-0.3, -0.25) is 48.8 Å². The van der Waals surface area contributed by atoms with E-state index in [2.05, 4.69) is 31.6 Å². The van der Waals surface area contributed by atoms with Crippen molar-refractivity contribution in [2.75, 3.05) is 25.5 Å². The van der Waals surface area contributed by atoms with E-state index in [0.717, 1.165) is 27.1 Å². The number of anilines is 2. The quantitative estimate of drug-likeness (QED) is 0.0859. The number of imide groups is 2. The number of pyridine rings is 1. The molecule has 0 saturated carbocycles. The van der Waals surface area contributed by atoms with Crippen LogP contribution in [0, 0.1) is 0 Å². The van der Waals surface area contributed by atoms with E-state index >= 15 is 0 Å². The standard InChI is InChI=1S/C43H39N7O7/c1-44-40(54)32-24-47-33-17-15-28(23-31(33)38(32)48-29-8-3-2-4-9-29)25-11-13-27(14-12-25)39(53)46-22-6-21-45-35(51)19-16-26-7-5-10-30-37(26)43(57)50(42(30)56)34-18-20-36(52)49-41(34)55/h2-5,7-15,17,23-24,34H,6,16,18-22H2,1H3,(H,44,54)(H,45,51)(H,46,53)(H,47,48)(H,49,52,55). The summed E-state index contributed by atoms with van der Waals surface area (Å²) in [6, 6.07) is 26.3. The van der Waals surface area contributed by atoms with Crippen LogP contribution >= 0.6 is 0 Å². The summed E-state index contributed by atoms with van der Waals surface area (Å²) in [5.74, 6) is -3.12. The van der Waals surface area contributed by atoms with Crippen LogP contribution in [0.4, 0.5) is 11.4 Å². The average molecular weight is 766 g/mol. The van der Waals surface area contributed by atoms with E-state index in [9.17, 15) is 33.6 Å². The summed E-state index contributed by atoms with van der Waals surface area (Å²) in [5, 5.41) is 14.7. The summed E-state index contributed by atoms with van der Waals surface area (Å²) in [6.07, 6.45) is 2.38. The predicted octanol–water partition coefficient (Wildman–Crippen LogP) is 4.28. The molecule has 0 aliphatic carbocycles. The van der Waals surface area contributed by atoms with E-state index in [4.69, 9.17) is 0 Å². The molecule has 1 unspecified atom stereocenters. The molecule has 3 heterocycles. The fourth-order valence-electron chi connectivity index (χ4n) is 7.04. The molecule has 1 saturated heterocycles. The van der Waals surface area contributed by atoms with Crippen molar-refractivity contribution < 1.29 is 33.6 Å². The van der Waals surface area contributed by atoms with E-state index in [-0.39, 0.29) is 54.5 Å². The van der Waals surface area contributed by atoms with Crippen LogP contribution in [-0.2, 0) is 20.8 Å². The number of amides is 7. The molecular formula is C43H39N7O7. The molecule has 7 amide bonds. The van der Waals surface area contributed by atoms with Gasteiger partial charge in [0, 0.05) is 55.8 Å². The Morgan fingerprint density at radius 3 is 2.33 bits per heavy atom. The number of hydrogen-bond acceptors (Lipinski definition) is 9. The largest absolute Gasteiger partial charge is 0.356 e. The first-order valence-electron chi connectivity index (χ1n) is 18.6. The first-order chi connectivity index (χ1) is 27.6. The van der Waals surface area contributed by atoms with E-state index in [1.54, 1.807) is 37.5 Å². The molecule has 1 fully saturated rings. The van der Waals surface area contributed by atoms with Crippen molar-refractivity contribution in [3.05, 3.63) is 125 Å². The Morgan fingerprint density at radius 2 is 1.58 bits per heavy atom. The number of carbonyl (C=O) groups is 7. The zero-order valence-electron chi connectivity index (χ0n) is 31.0. The highest BCUT2D eigenvalue weighted by molar-refractivity contribution is 6.24. The molecule has 4 aromatic carbocycles. The Balaban J connectivity index is 0.904. The zero-order chi connectivity index (χ0) is 40.1. The number of nitrogens with zero attached hydrogens (tertiary/aromatic N) is 2. The topological polar surface area (TPSA) is 196 Å². The van der Waals surface area contributed by atoms with Gasteiger partial charge in [0.2, 0.25) is 17.7 Å². The highest BCUT2D eigenvalue weighted by Crippen LogP contribution is 2.33. The zero-order valence-corrected chi connectivity index (χ0v) is 31.0. The van der Waals surface area contributed by atoms with Gasteiger partial charge in [0.05, 0.1) is 27.9 Å². The van der Waals surface area contributed by atoms with E-state index in [1.807, 2.05) is 60.7 Å². The third-order valence-electron chi connectivity index (χ3n) is 10.0. The van der Waals surface area contributed by atoms with Gasteiger partial charge in [0.1, 0.15) is 6.04 Å². The molecule has 5 aromatic rings. The van der Waals surface area contributed by atoms with Crippen molar-refractivity contribution >= 4 is 63.6 Å². The van der Waals surface area contributed by atoms with Crippen molar-refractivity contribution in [2.45, 2.75) is 38.1 Å². The van der Waals surface area contributed by atoms with Crippen molar-refractivity contribution in [1.29, 1.82) is 0 Å². The Hall–Kier alpha value is -7.22. The van der Waals surface area contributed by atoms with E-state index < -0.39 is 29.7 Å². The summed E-state index contributed by atoms with van der Waals surface area (Å²) in [6.45, 7) is 0.633. The molecule has 2 aliphatic heterocycles. The fourth-order valence-corrected chi connectivity index (χ4v) is 7.04. The first-order valence-corrected chi connectivity index (χ1v) is 18.6. The molecule has 14 heteroatoms. The number of carbonyl (C=O) groups excluding carboxylic acids is 7. The number of rotatable bonds is 13. The smallest absolute Gasteiger partial charge is 0.262 e. The predicted molar refractivity (Wildman–Crippen MR) is 212 cm³/mol. The Morgan fingerprint density at radius 1 is 0.825 bits per heavy atom. The fraction of sp³-hybridized carbons (Fsp3) is 0.209. The van der Waals surface area contributed by atoms with Crippen LogP contribution in [0.3, 0.4) is 0 Å². The molecule has 57 heavy (non-hydrogen) atoms. The minimum Gasteiger partial charge on any atom is -0.356 e. The summed E-state index contributed by atoms with van der Waals surface area (Å²) in [5.41, 5.74) is 5.66. The number of aromatic nitrogens is 1. The number of benzene rings is 4. The molecule has 14 nitrogen and oxygen atoms in total. The first kappa shape index (κ1) is 38.1. The van der Waals surface area contributed by atoms with Crippen LogP contribution in [0.5, 0.6) is 0 Å². The van der Waals surface area contributed by atoms with Crippen LogP contribution in [0.15, 0.2) is 97.2 Å². The maximum absolute atomic E-state index is 13.3. The Labute approximate surface area is 327 Å². The third-order valence-corrected chi connectivity index (χ3v) is 10.0. The molecule has 7 rings (SSSR count). The summed E-state index contributed by atoms with van der Waals surface area (Å²) >= 11 is 0. The summed E-state index contributed by atoms with van der Waals surface area (Å²) in [7, 11) is 1.57. The van der Waals surface area contributed by atoms with Crippen molar-refractivity contribution in [1.82, 2.24) is 31.2 Å². The lowest BCUT2D eigenvalue weighted by Gasteiger charge is -2.27. The SMILES string of the molecule is CNC(=O)c1cnc2ccc(-c3ccc(C(=O)NCCCNC(=O)CCc4cccc5c4C(=O)N(C4CCC(=O)NC4=O)C5=O)cc3)cc2c1Nc1ccccc1. The monoisotopic (exact) mass is 765 g/mol. The molecule has 5 N–H and O–H groups in total. The molecule has 0 bridgehead atoms. The van der Waals surface area contributed by atoms with Crippen molar-refractivity contribution in [2.24, 2.45) is 0 Å². The van der Waals surface area contributed by atoms with E-state index in [0.29, 0.717) is 47.4 Å². The van der Waals surface area contributed by atoms with E-state index in [1.165, 1.54) is 6.07 Å². The second-order valence-corrected chi connectivity index (χ2v) is 13.7. The number of fused-ring (bicyclic) bond motifs is 2. The number of para-hydroxylation sites is 1. The van der Waals surface area contributed by atoms with Crippen LogP contribution in [0.2, 0.25) is 0 Å². The third kappa shape index (κ3) is 8.10. The maximum Gasteiger partial charge on any atom is 0.262 e. The number of nitrogens with one attached hydrogen (secondary N) is 5. The minimum atomic E-state index is -1.07. The average Bonchev–Trinajstić information content (AvgIpc) is 3.48. The van der Waals surface area contributed by atoms with Gasteiger partial charge in [-0.25, -0.2) is 0 Å². The van der Waals surface area contributed by atoms with Crippen LogP contribution in [0.1, 0.15) is 72.7 Å². The minimum absolute atomic E-state index is 0.0266. The van der Waals surface area contributed by atoms with Crippen molar-refractivity contribution in [3.63, 3.8) is 0 Å². The van der Waals surface area contributed by atoms with Gasteiger partial charge in [0.25, 0.3) is 23.6 Å². The van der Waals surface area contributed by atoms with Gasteiger partial charge in [-0.1, -0.05) is 48.5 Å². The molecule has 1 atom stereocenters.